The van der Waals surface area contributed by atoms with Crippen molar-refractivity contribution in [3.63, 3.8) is 0 Å². The lowest BCUT2D eigenvalue weighted by atomic mass is 10.1. The van der Waals surface area contributed by atoms with Crippen molar-refractivity contribution in [2.45, 2.75) is 45.3 Å². The van der Waals surface area contributed by atoms with Gasteiger partial charge in [0.05, 0.1) is 13.7 Å². The predicted molar refractivity (Wildman–Crippen MR) is 87.5 cm³/mol. The number of nitrogens with one attached hydrogen (secondary N) is 1. The summed E-state index contributed by atoms with van der Waals surface area (Å²) in [6, 6.07) is 4.40. The van der Waals surface area contributed by atoms with Crippen molar-refractivity contribution in [3.05, 3.63) is 29.3 Å². The van der Waals surface area contributed by atoms with E-state index in [4.69, 9.17) is 14.2 Å². The van der Waals surface area contributed by atoms with Gasteiger partial charge in [-0.15, -0.1) is 0 Å². The first-order chi connectivity index (χ1) is 11.8. The van der Waals surface area contributed by atoms with Gasteiger partial charge in [-0.05, 0) is 24.1 Å². The van der Waals surface area contributed by atoms with Gasteiger partial charge in [0.1, 0.15) is 5.82 Å². The van der Waals surface area contributed by atoms with Gasteiger partial charge in [-0.1, -0.05) is 6.92 Å². The molecule has 0 bridgehead atoms. The maximum atomic E-state index is 5.48. The average Bonchev–Trinajstić information content (AvgIpc) is 3.24. The van der Waals surface area contributed by atoms with Crippen LogP contribution in [0.5, 0.6) is 17.2 Å². The third-order valence-corrected chi connectivity index (χ3v) is 4.53. The number of ether oxygens (including phenoxy) is 3. The Balaban J connectivity index is 1.42. The van der Waals surface area contributed by atoms with Crippen LogP contribution in [0.25, 0.3) is 0 Å². The van der Waals surface area contributed by atoms with Gasteiger partial charge in [-0.2, -0.15) is 5.10 Å². The number of aryl methyl sites for hydroxylation is 2. The number of hydrogen-bond acceptors (Lipinski definition) is 6. The third kappa shape index (κ3) is 2.80. The quantitative estimate of drug-likeness (QED) is 0.899. The van der Waals surface area contributed by atoms with E-state index in [0.29, 0.717) is 11.8 Å². The molecule has 128 valence electrons. The summed E-state index contributed by atoms with van der Waals surface area (Å²) in [4.78, 5) is 4.56. The lowest BCUT2D eigenvalue weighted by Gasteiger charge is -2.23. The van der Waals surface area contributed by atoms with Crippen LogP contribution in [0.4, 0.5) is 0 Å². The number of nitrogens with zero attached hydrogens (tertiary/aromatic N) is 3. The molecule has 2 aliphatic heterocycles. The Hall–Kier alpha value is -2.28. The second-order valence-corrected chi connectivity index (χ2v) is 6.13. The Labute approximate surface area is 140 Å². The van der Waals surface area contributed by atoms with Gasteiger partial charge in [-0.3, -0.25) is 0 Å². The van der Waals surface area contributed by atoms with Crippen LogP contribution in [0.3, 0.4) is 0 Å². The molecule has 1 aromatic carbocycles. The number of rotatable bonds is 5. The summed E-state index contributed by atoms with van der Waals surface area (Å²) in [5.74, 6) is 4.21. The molecule has 2 aromatic rings. The summed E-state index contributed by atoms with van der Waals surface area (Å²) in [6.07, 6.45) is 2.92. The molecule has 0 saturated carbocycles. The fourth-order valence-corrected chi connectivity index (χ4v) is 3.23. The largest absolute Gasteiger partial charge is 0.493 e. The first kappa shape index (κ1) is 15.3. The minimum absolute atomic E-state index is 0.250. The minimum Gasteiger partial charge on any atom is -0.493 e. The van der Waals surface area contributed by atoms with Gasteiger partial charge < -0.3 is 19.5 Å². The highest BCUT2D eigenvalue weighted by Crippen LogP contribution is 2.41. The molecule has 0 saturated heterocycles. The van der Waals surface area contributed by atoms with Gasteiger partial charge >= 0.3 is 0 Å². The fourth-order valence-electron chi connectivity index (χ4n) is 3.23. The topological polar surface area (TPSA) is 70.4 Å². The molecule has 0 aliphatic carbocycles. The molecule has 3 heterocycles. The molecular formula is C17H22N4O3. The van der Waals surface area contributed by atoms with Crippen molar-refractivity contribution in [3.8, 4) is 17.2 Å². The summed E-state index contributed by atoms with van der Waals surface area (Å²) >= 11 is 0. The number of methoxy groups -OCH3 is 1. The summed E-state index contributed by atoms with van der Waals surface area (Å²) in [5.41, 5.74) is 1.12. The Kier molecular flexibility index (Phi) is 4.02. The average molecular weight is 330 g/mol. The van der Waals surface area contributed by atoms with E-state index in [2.05, 4.69) is 22.3 Å². The highest BCUT2D eigenvalue weighted by Gasteiger charge is 2.23. The predicted octanol–water partition coefficient (Wildman–Crippen LogP) is 1.68. The van der Waals surface area contributed by atoms with E-state index >= 15 is 0 Å². The molecule has 0 fully saturated rings. The summed E-state index contributed by atoms with van der Waals surface area (Å²) < 4.78 is 18.4. The van der Waals surface area contributed by atoms with Crippen LogP contribution in [0.15, 0.2) is 12.1 Å². The van der Waals surface area contributed by atoms with Crippen LogP contribution in [0, 0.1) is 0 Å². The van der Waals surface area contributed by atoms with E-state index in [0.717, 1.165) is 61.1 Å². The SMILES string of the molecule is CCc1nc2n(n1)C[C@@H](NCc1cc(OC)c3c(c1)OCO3)CC2. The zero-order valence-electron chi connectivity index (χ0n) is 14.0. The standard InChI is InChI=1S/C17H22N4O3/c1-3-15-19-16-5-4-12(9-21(16)20-15)18-8-11-6-13(22-2)17-14(7-11)23-10-24-17/h6-7,12,18H,3-5,8-10H2,1-2H3/t12-/m0/s1. The van der Waals surface area contributed by atoms with E-state index < -0.39 is 0 Å². The van der Waals surface area contributed by atoms with Crippen molar-refractivity contribution < 1.29 is 14.2 Å². The zero-order valence-corrected chi connectivity index (χ0v) is 14.0. The first-order valence-electron chi connectivity index (χ1n) is 8.39. The smallest absolute Gasteiger partial charge is 0.231 e. The monoisotopic (exact) mass is 330 g/mol. The van der Waals surface area contributed by atoms with Gasteiger partial charge in [0.15, 0.2) is 17.3 Å². The van der Waals surface area contributed by atoms with Crippen LogP contribution >= 0.6 is 0 Å². The molecule has 1 atom stereocenters. The molecule has 7 heteroatoms. The lowest BCUT2D eigenvalue weighted by Crippen LogP contribution is -2.37. The Morgan fingerprint density at radius 3 is 3.12 bits per heavy atom. The number of aromatic nitrogens is 3. The third-order valence-electron chi connectivity index (χ3n) is 4.53. The maximum absolute atomic E-state index is 5.48. The van der Waals surface area contributed by atoms with Crippen LogP contribution in [0.2, 0.25) is 0 Å². The van der Waals surface area contributed by atoms with E-state index in [9.17, 15) is 0 Å². The maximum Gasteiger partial charge on any atom is 0.231 e. The number of hydrogen-bond donors (Lipinski definition) is 1. The Bertz CT molecular complexity index is 744. The molecule has 0 unspecified atom stereocenters. The van der Waals surface area contributed by atoms with Gasteiger partial charge in [0, 0.05) is 25.4 Å². The number of fused-ring (bicyclic) bond motifs is 2. The molecule has 24 heavy (non-hydrogen) atoms. The van der Waals surface area contributed by atoms with Crippen molar-refractivity contribution in [2.75, 3.05) is 13.9 Å². The van der Waals surface area contributed by atoms with Gasteiger partial charge in [0.25, 0.3) is 0 Å². The van der Waals surface area contributed by atoms with Gasteiger partial charge in [-0.25, -0.2) is 9.67 Å². The minimum atomic E-state index is 0.250. The Morgan fingerprint density at radius 2 is 2.29 bits per heavy atom. The van der Waals surface area contributed by atoms with Crippen molar-refractivity contribution in [1.29, 1.82) is 0 Å². The normalized spacial score (nSPS) is 18.5. The van der Waals surface area contributed by atoms with E-state index in [1.807, 2.05) is 16.8 Å². The van der Waals surface area contributed by atoms with E-state index in [1.54, 1.807) is 7.11 Å². The lowest BCUT2D eigenvalue weighted by molar-refractivity contribution is 0.171. The van der Waals surface area contributed by atoms with Crippen LogP contribution in [0.1, 0.15) is 30.6 Å². The van der Waals surface area contributed by atoms with E-state index in [-0.39, 0.29) is 6.79 Å². The van der Waals surface area contributed by atoms with Crippen LogP contribution < -0.4 is 19.5 Å². The van der Waals surface area contributed by atoms with Crippen molar-refractivity contribution >= 4 is 0 Å². The van der Waals surface area contributed by atoms with Gasteiger partial charge in [0.2, 0.25) is 12.5 Å². The second kappa shape index (κ2) is 6.32. The Morgan fingerprint density at radius 1 is 1.38 bits per heavy atom. The second-order valence-electron chi connectivity index (χ2n) is 6.13. The molecular weight excluding hydrogens is 308 g/mol. The molecule has 2 aliphatic rings. The fraction of sp³-hybridized carbons (Fsp3) is 0.529. The molecule has 0 amide bonds. The first-order valence-corrected chi connectivity index (χ1v) is 8.39. The number of benzene rings is 1. The zero-order chi connectivity index (χ0) is 16.5. The summed E-state index contributed by atoms with van der Waals surface area (Å²) in [5, 5.41) is 8.17. The summed E-state index contributed by atoms with van der Waals surface area (Å²) in [6.45, 7) is 3.95. The molecule has 4 rings (SSSR count). The molecule has 1 aromatic heterocycles. The highest BCUT2D eigenvalue weighted by molar-refractivity contribution is 5.55. The molecule has 7 nitrogen and oxygen atoms in total. The summed E-state index contributed by atoms with van der Waals surface area (Å²) in [7, 11) is 1.65. The van der Waals surface area contributed by atoms with Crippen LogP contribution in [-0.4, -0.2) is 34.7 Å². The van der Waals surface area contributed by atoms with Crippen molar-refractivity contribution in [2.24, 2.45) is 0 Å². The molecule has 0 spiro atoms. The molecule has 0 radical (unpaired) electrons. The van der Waals surface area contributed by atoms with Crippen molar-refractivity contribution in [1.82, 2.24) is 20.1 Å². The van der Waals surface area contributed by atoms with Crippen LogP contribution in [-0.2, 0) is 25.9 Å². The van der Waals surface area contributed by atoms with E-state index in [1.165, 1.54) is 0 Å². The molecule has 1 N–H and O–H groups in total. The highest BCUT2D eigenvalue weighted by atomic mass is 16.7.